The summed E-state index contributed by atoms with van der Waals surface area (Å²) in [4.78, 5) is 15.1. The third kappa shape index (κ3) is 4.28. The Morgan fingerprint density at radius 3 is 2.63 bits per heavy atom. The van der Waals surface area contributed by atoms with Gasteiger partial charge in [-0.25, -0.2) is 4.39 Å². The number of aromatic nitrogens is 3. The van der Waals surface area contributed by atoms with E-state index in [0.717, 1.165) is 42.8 Å². The lowest BCUT2D eigenvalue weighted by Crippen LogP contribution is -2.40. The van der Waals surface area contributed by atoms with E-state index in [1.54, 1.807) is 29.1 Å². The number of piperidine rings is 1. The molecule has 0 unspecified atom stereocenters. The normalized spacial score (nSPS) is 15.8. The predicted molar refractivity (Wildman–Crippen MR) is 110 cm³/mol. The highest BCUT2D eigenvalue weighted by atomic mass is 19.1. The fourth-order valence-electron chi connectivity index (χ4n) is 3.90. The van der Waals surface area contributed by atoms with Crippen molar-refractivity contribution in [3.8, 4) is 11.3 Å². The first-order chi connectivity index (χ1) is 14.5. The Hall–Kier alpha value is -3.00. The molecule has 158 valence electrons. The quantitative estimate of drug-likeness (QED) is 0.672. The highest BCUT2D eigenvalue weighted by Crippen LogP contribution is 2.25. The molecule has 3 aromatic rings. The molecule has 2 aromatic heterocycles. The van der Waals surface area contributed by atoms with Crippen molar-refractivity contribution >= 4 is 5.91 Å². The monoisotopic (exact) mass is 411 g/mol. The highest BCUT2D eigenvalue weighted by molar-refractivity contribution is 5.93. The van der Waals surface area contributed by atoms with Crippen LogP contribution in [0.4, 0.5) is 4.39 Å². The number of nitrogens with one attached hydrogen (secondary N) is 1. The second-order valence-electron chi connectivity index (χ2n) is 7.72. The van der Waals surface area contributed by atoms with Gasteiger partial charge < -0.3 is 9.84 Å². The fraction of sp³-hybridized carbons (Fsp3) is 0.409. The lowest BCUT2D eigenvalue weighted by molar-refractivity contribution is 0.0915. The summed E-state index contributed by atoms with van der Waals surface area (Å²) in [6, 6.07) is 8.14. The van der Waals surface area contributed by atoms with Gasteiger partial charge in [0.1, 0.15) is 5.82 Å². The SMILES string of the molecule is Cc1c(-c2cc(C(=O)NC[C@H](c3ccc(F)cc3)N3CCCCC3)no2)cnn1C. The Bertz CT molecular complexity index is 1000. The van der Waals surface area contributed by atoms with E-state index in [-0.39, 0.29) is 23.5 Å². The number of carbonyl (C=O) groups is 1. The van der Waals surface area contributed by atoms with Crippen molar-refractivity contribution in [2.24, 2.45) is 7.05 Å². The maximum atomic E-state index is 13.4. The molecule has 1 aromatic carbocycles. The van der Waals surface area contributed by atoms with Crippen LogP contribution in [-0.2, 0) is 7.05 Å². The lowest BCUT2D eigenvalue weighted by atomic mass is 10.0. The molecule has 1 amide bonds. The molecule has 1 saturated heterocycles. The average Bonchev–Trinajstić information content (AvgIpc) is 3.37. The van der Waals surface area contributed by atoms with E-state index >= 15 is 0 Å². The van der Waals surface area contributed by atoms with Gasteiger partial charge in [-0.05, 0) is 50.6 Å². The molecule has 1 fully saturated rings. The summed E-state index contributed by atoms with van der Waals surface area (Å²) in [5.41, 5.74) is 2.95. The first-order valence-corrected chi connectivity index (χ1v) is 10.3. The molecule has 3 heterocycles. The van der Waals surface area contributed by atoms with E-state index in [9.17, 15) is 9.18 Å². The zero-order valence-corrected chi connectivity index (χ0v) is 17.3. The maximum Gasteiger partial charge on any atom is 0.273 e. The number of carbonyl (C=O) groups excluding carboxylic acids is 1. The predicted octanol–water partition coefficient (Wildman–Crippen LogP) is 3.48. The number of amides is 1. The van der Waals surface area contributed by atoms with Crippen molar-refractivity contribution in [3.63, 3.8) is 0 Å². The summed E-state index contributed by atoms with van der Waals surface area (Å²) in [6.45, 7) is 4.27. The Labute approximate surface area is 174 Å². The largest absolute Gasteiger partial charge is 0.355 e. The number of benzene rings is 1. The maximum absolute atomic E-state index is 13.4. The van der Waals surface area contributed by atoms with Crippen LogP contribution in [0, 0.1) is 12.7 Å². The molecule has 0 radical (unpaired) electrons. The van der Waals surface area contributed by atoms with Crippen LogP contribution in [0.2, 0.25) is 0 Å². The van der Waals surface area contributed by atoms with Crippen LogP contribution in [0.25, 0.3) is 11.3 Å². The van der Waals surface area contributed by atoms with Crippen LogP contribution in [0.3, 0.4) is 0 Å². The Balaban J connectivity index is 1.47. The molecule has 0 spiro atoms. The van der Waals surface area contributed by atoms with Crippen molar-refractivity contribution in [2.75, 3.05) is 19.6 Å². The molecule has 0 saturated carbocycles. The van der Waals surface area contributed by atoms with Gasteiger partial charge in [-0.1, -0.05) is 23.7 Å². The molecule has 1 aliphatic heterocycles. The molecule has 1 N–H and O–H groups in total. The second kappa shape index (κ2) is 8.79. The summed E-state index contributed by atoms with van der Waals surface area (Å²) in [5, 5.41) is 11.1. The molecular weight excluding hydrogens is 385 g/mol. The van der Waals surface area contributed by atoms with Crippen LogP contribution < -0.4 is 5.32 Å². The standard InChI is InChI=1S/C22H26FN5O2/c1-15-18(13-25-27(15)2)21-12-19(26-30-21)22(29)24-14-20(28-10-4-3-5-11-28)16-6-8-17(23)9-7-16/h6-9,12-13,20H,3-5,10-11,14H2,1-2H3,(H,24,29)/t20-/m1/s1. The highest BCUT2D eigenvalue weighted by Gasteiger charge is 2.24. The summed E-state index contributed by atoms with van der Waals surface area (Å²) < 4.78 is 20.5. The van der Waals surface area contributed by atoms with Gasteiger partial charge in [-0.2, -0.15) is 5.10 Å². The van der Waals surface area contributed by atoms with Gasteiger partial charge in [-0.3, -0.25) is 14.4 Å². The Kier molecular flexibility index (Phi) is 5.94. The van der Waals surface area contributed by atoms with E-state index in [1.807, 2.05) is 14.0 Å². The minimum atomic E-state index is -0.296. The Morgan fingerprint density at radius 2 is 1.97 bits per heavy atom. The van der Waals surface area contributed by atoms with Crippen LogP contribution in [0.15, 0.2) is 41.1 Å². The van der Waals surface area contributed by atoms with Crippen molar-refractivity contribution in [2.45, 2.75) is 32.2 Å². The molecule has 7 nitrogen and oxygen atoms in total. The number of halogens is 1. The van der Waals surface area contributed by atoms with E-state index < -0.39 is 0 Å². The third-order valence-electron chi connectivity index (χ3n) is 5.79. The average molecular weight is 411 g/mol. The van der Waals surface area contributed by atoms with Gasteiger partial charge in [0.25, 0.3) is 5.91 Å². The van der Waals surface area contributed by atoms with Crippen LogP contribution in [-0.4, -0.2) is 45.4 Å². The van der Waals surface area contributed by atoms with Crippen molar-refractivity contribution in [1.29, 1.82) is 0 Å². The van der Waals surface area contributed by atoms with Gasteiger partial charge >= 0.3 is 0 Å². The topological polar surface area (TPSA) is 76.2 Å². The number of nitrogens with zero attached hydrogens (tertiary/aromatic N) is 4. The smallest absolute Gasteiger partial charge is 0.273 e. The first kappa shape index (κ1) is 20.3. The molecule has 1 atom stereocenters. The van der Waals surface area contributed by atoms with Gasteiger partial charge in [0.05, 0.1) is 17.8 Å². The third-order valence-corrected chi connectivity index (χ3v) is 5.79. The number of hydrogen-bond donors (Lipinski definition) is 1. The molecule has 1 aliphatic rings. The second-order valence-corrected chi connectivity index (χ2v) is 7.72. The number of aryl methyl sites for hydroxylation is 1. The first-order valence-electron chi connectivity index (χ1n) is 10.3. The number of likely N-dealkylation sites (tertiary alicyclic amines) is 1. The van der Waals surface area contributed by atoms with Crippen molar-refractivity contribution in [3.05, 3.63) is 59.3 Å². The summed E-state index contributed by atoms with van der Waals surface area (Å²) in [7, 11) is 1.85. The van der Waals surface area contributed by atoms with Gasteiger partial charge in [-0.15, -0.1) is 0 Å². The van der Waals surface area contributed by atoms with Crippen LogP contribution in [0.1, 0.15) is 47.1 Å². The van der Waals surface area contributed by atoms with Gasteiger partial charge in [0, 0.05) is 25.4 Å². The molecule has 8 heteroatoms. The molecule has 0 bridgehead atoms. The number of rotatable bonds is 6. The molecule has 0 aliphatic carbocycles. The molecular formula is C22H26FN5O2. The Morgan fingerprint density at radius 1 is 1.23 bits per heavy atom. The lowest BCUT2D eigenvalue weighted by Gasteiger charge is -2.35. The van der Waals surface area contributed by atoms with Gasteiger partial charge in [0.2, 0.25) is 0 Å². The zero-order valence-electron chi connectivity index (χ0n) is 17.3. The van der Waals surface area contributed by atoms with Crippen molar-refractivity contribution < 1.29 is 13.7 Å². The van der Waals surface area contributed by atoms with Crippen LogP contribution in [0.5, 0.6) is 0 Å². The fourth-order valence-corrected chi connectivity index (χ4v) is 3.90. The molecule has 30 heavy (non-hydrogen) atoms. The zero-order chi connectivity index (χ0) is 21.1. The molecule has 4 rings (SSSR count). The summed E-state index contributed by atoms with van der Waals surface area (Å²) >= 11 is 0. The van der Waals surface area contributed by atoms with Crippen molar-refractivity contribution in [1.82, 2.24) is 25.2 Å². The van der Waals surface area contributed by atoms with E-state index in [1.165, 1.54) is 18.6 Å². The minimum absolute atomic E-state index is 0.0122. The van der Waals surface area contributed by atoms with E-state index in [2.05, 4.69) is 20.5 Å². The minimum Gasteiger partial charge on any atom is -0.355 e. The number of hydrogen-bond acceptors (Lipinski definition) is 5. The van der Waals surface area contributed by atoms with E-state index in [0.29, 0.717) is 12.3 Å². The van der Waals surface area contributed by atoms with Gasteiger partial charge in [0.15, 0.2) is 11.5 Å². The summed E-state index contributed by atoms with van der Waals surface area (Å²) in [6.07, 6.45) is 5.17. The summed E-state index contributed by atoms with van der Waals surface area (Å²) in [5.74, 6) is -0.0477. The van der Waals surface area contributed by atoms with E-state index in [4.69, 9.17) is 4.52 Å². The van der Waals surface area contributed by atoms with Crippen LogP contribution >= 0.6 is 0 Å².